The highest BCUT2D eigenvalue weighted by Crippen LogP contribution is 2.15. The summed E-state index contributed by atoms with van der Waals surface area (Å²) in [6.45, 7) is 7.93. The maximum atomic E-state index is 4.62. The molecule has 0 amide bonds. The summed E-state index contributed by atoms with van der Waals surface area (Å²) >= 11 is 0. The molecule has 0 saturated heterocycles. The van der Waals surface area contributed by atoms with Gasteiger partial charge in [0.2, 0.25) is 0 Å². The molecule has 0 aliphatic heterocycles. The second-order valence-corrected chi connectivity index (χ2v) is 5.97. The van der Waals surface area contributed by atoms with Gasteiger partial charge in [-0.25, -0.2) is 0 Å². The minimum atomic E-state index is 0. The third kappa shape index (κ3) is 5.73. The summed E-state index contributed by atoms with van der Waals surface area (Å²) < 4.78 is 2.00. The van der Waals surface area contributed by atoms with Crippen LogP contribution in [0.1, 0.15) is 41.9 Å². The molecular weight excluding hydrogens is 425 g/mol. The van der Waals surface area contributed by atoms with Gasteiger partial charge in [-0.2, -0.15) is 5.10 Å². The number of halogens is 1. The Hall–Kier alpha value is -1.57. The van der Waals surface area contributed by atoms with Gasteiger partial charge in [0.05, 0.1) is 5.69 Å². The minimum absolute atomic E-state index is 0. The normalized spacial score (nSPS) is 11.2. The van der Waals surface area contributed by atoms with E-state index < -0.39 is 0 Å². The van der Waals surface area contributed by atoms with E-state index in [4.69, 9.17) is 0 Å². The molecule has 138 valence electrons. The molecule has 0 bridgehead atoms. The van der Waals surface area contributed by atoms with Crippen LogP contribution >= 0.6 is 24.0 Å². The van der Waals surface area contributed by atoms with E-state index in [0.29, 0.717) is 0 Å². The van der Waals surface area contributed by atoms with Gasteiger partial charge in [-0.3, -0.25) is 9.67 Å². The van der Waals surface area contributed by atoms with Gasteiger partial charge >= 0.3 is 0 Å². The molecule has 2 aromatic rings. The molecule has 0 aliphatic rings. The lowest BCUT2D eigenvalue weighted by Gasteiger charge is -2.13. The lowest BCUT2D eigenvalue weighted by Crippen LogP contribution is -2.36. The van der Waals surface area contributed by atoms with Crippen molar-refractivity contribution in [2.45, 2.75) is 46.7 Å². The van der Waals surface area contributed by atoms with Gasteiger partial charge < -0.3 is 10.6 Å². The predicted molar refractivity (Wildman–Crippen MR) is 116 cm³/mol. The highest BCUT2D eigenvalue weighted by Gasteiger charge is 2.13. The van der Waals surface area contributed by atoms with Crippen LogP contribution in [-0.2, 0) is 33.0 Å². The standard InChI is InChI=1S/C19H29N5.HI/c1-6-17-16(18(7-2)24(5)23-17)13-22-19(20-4)21-12-15-10-8-9-14(3)11-15;/h8-11H,6-7,12-13H2,1-5H3,(H2,20,21,22);1H. The largest absolute Gasteiger partial charge is 0.352 e. The molecule has 0 atom stereocenters. The summed E-state index contributed by atoms with van der Waals surface area (Å²) in [4.78, 5) is 4.33. The average molecular weight is 455 g/mol. The van der Waals surface area contributed by atoms with Crippen molar-refractivity contribution in [3.63, 3.8) is 0 Å². The van der Waals surface area contributed by atoms with E-state index >= 15 is 0 Å². The zero-order valence-electron chi connectivity index (χ0n) is 15.9. The molecule has 1 heterocycles. The lowest BCUT2D eigenvalue weighted by molar-refractivity contribution is 0.702. The van der Waals surface area contributed by atoms with Crippen LogP contribution in [0.2, 0.25) is 0 Å². The Bertz CT molecular complexity index is 706. The molecule has 0 fully saturated rings. The first-order chi connectivity index (χ1) is 11.6. The van der Waals surface area contributed by atoms with E-state index in [1.807, 2.05) is 11.7 Å². The first kappa shape index (κ1) is 21.5. The van der Waals surface area contributed by atoms with Crippen molar-refractivity contribution in [1.82, 2.24) is 20.4 Å². The first-order valence-electron chi connectivity index (χ1n) is 8.62. The smallest absolute Gasteiger partial charge is 0.191 e. The number of hydrogen-bond donors (Lipinski definition) is 2. The molecule has 2 rings (SSSR count). The number of rotatable bonds is 6. The zero-order chi connectivity index (χ0) is 17.5. The van der Waals surface area contributed by atoms with Gasteiger partial charge in [0.15, 0.2) is 5.96 Å². The Morgan fingerprint density at radius 3 is 2.48 bits per heavy atom. The third-order valence-corrected chi connectivity index (χ3v) is 4.23. The Morgan fingerprint density at radius 1 is 1.16 bits per heavy atom. The average Bonchev–Trinajstić information content (AvgIpc) is 2.90. The SMILES string of the molecule is CCc1nn(C)c(CC)c1CNC(=NC)NCc1cccc(C)c1.I. The van der Waals surface area contributed by atoms with Crippen LogP contribution in [0, 0.1) is 6.92 Å². The van der Waals surface area contributed by atoms with Crippen LogP contribution in [0.5, 0.6) is 0 Å². The van der Waals surface area contributed by atoms with Crippen molar-refractivity contribution >= 4 is 29.9 Å². The molecular formula is C19H30IN5. The lowest BCUT2D eigenvalue weighted by atomic mass is 10.1. The molecule has 6 heteroatoms. The summed E-state index contributed by atoms with van der Waals surface area (Å²) in [6, 6.07) is 8.50. The van der Waals surface area contributed by atoms with Crippen LogP contribution in [0.25, 0.3) is 0 Å². The molecule has 0 spiro atoms. The number of benzene rings is 1. The van der Waals surface area contributed by atoms with Crippen molar-refractivity contribution in [1.29, 1.82) is 0 Å². The maximum absolute atomic E-state index is 4.62. The predicted octanol–water partition coefficient (Wildman–Crippen LogP) is 3.34. The topological polar surface area (TPSA) is 54.2 Å². The maximum Gasteiger partial charge on any atom is 0.191 e. The Morgan fingerprint density at radius 2 is 1.88 bits per heavy atom. The van der Waals surface area contributed by atoms with Gasteiger partial charge in [0.1, 0.15) is 0 Å². The molecule has 0 aliphatic carbocycles. The molecule has 25 heavy (non-hydrogen) atoms. The van der Waals surface area contributed by atoms with Gasteiger partial charge in [0, 0.05) is 38.4 Å². The van der Waals surface area contributed by atoms with Crippen molar-refractivity contribution < 1.29 is 0 Å². The van der Waals surface area contributed by atoms with Crippen LogP contribution in [0.4, 0.5) is 0 Å². The summed E-state index contributed by atoms with van der Waals surface area (Å²) in [7, 11) is 3.82. The third-order valence-electron chi connectivity index (χ3n) is 4.23. The quantitative estimate of drug-likeness (QED) is 0.399. The number of nitrogens with one attached hydrogen (secondary N) is 2. The number of nitrogens with zero attached hydrogens (tertiary/aromatic N) is 3. The van der Waals surface area contributed by atoms with E-state index in [2.05, 4.69) is 65.8 Å². The number of aliphatic imine (C=N–C) groups is 1. The van der Waals surface area contributed by atoms with Gasteiger partial charge in [0.25, 0.3) is 0 Å². The molecule has 0 radical (unpaired) electrons. The van der Waals surface area contributed by atoms with Gasteiger partial charge in [-0.05, 0) is 25.3 Å². The van der Waals surface area contributed by atoms with E-state index in [0.717, 1.165) is 37.6 Å². The van der Waals surface area contributed by atoms with Crippen molar-refractivity contribution in [2.24, 2.45) is 12.0 Å². The fourth-order valence-electron chi connectivity index (χ4n) is 2.99. The van der Waals surface area contributed by atoms with Gasteiger partial charge in [-0.1, -0.05) is 43.7 Å². The molecule has 5 nitrogen and oxygen atoms in total. The molecule has 0 saturated carbocycles. The minimum Gasteiger partial charge on any atom is -0.352 e. The fraction of sp³-hybridized carbons (Fsp3) is 0.474. The van der Waals surface area contributed by atoms with Crippen molar-refractivity contribution in [3.05, 3.63) is 52.3 Å². The fourth-order valence-corrected chi connectivity index (χ4v) is 2.99. The van der Waals surface area contributed by atoms with Crippen LogP contribution < -0.4 is 10.6 Å². The second-order valence-electron chi connectivity index (χ2n) is 5.97. The Labute approximate surface area is 168 Å². The van der Waals surface area contributed by atoms with Gasteiger partial charge in [-0.15, -0.1) is 24.0 Å². The van der Waals surface area contributed by atoms with E-state index in [1.165, 1.54) is 22.4 Å². The summed E-state index contributed by atoms with van der Waals surface area (Å²) in [5.74, 6) is 0.810. The number of guanidine groups is 1. The molecule has 0 unspecified atom stereocenters. The second kappa shape index (κ2) is 10.4. The highest BCUT2D eigenvalue weighted by atomic mass is 127. The summed E-state index contributed by atoms with van der Waals surface area (Å²) in [5, 5.41) is 11.4. The highest BCUT2D eigenvalue weighted by molar-refractivity contribution is 14.0. The monoisotopic (exact) mass is 455 g/mol. The summed E-state index contributed by atoms with van der Waals surface area (Å²) in [6.07, 6.45) is 1.93. The molecule has 1 aromatic carbocycles. The van der Waals surface area contributed by atoms with E-state index in [-0.39, 0.29) is 24.0 Å². The van der Waals surface area contributed by atoms with Crippen molar-refractivity contribution in [2.75, 3.05) is 7.05 Å². The molecule has 2 N–H and O–H groups in total. The summed E-state index contributed by atoms with van der Waals surface area (Å²) in [5.41, 5.74) is 6.26. The Balaban J connectivity index is 0.00000312. The van der Waals surface area contributed by atoms with Crippen LogP contribution in [-0.4, -0.2) is 22.8 Å². The number of aryl methyl sites for hydroxylation is 3. The number of hydrogen-bond acceptors (Lipinski definition) is 2. The number of aromatic nitrogens is 2. The van der Waals surface area contributed by atoms with E-state index in [9.17, 15) is 0 Å². The zero-order valence-corrected chi connectivity index (χ0v) is 18.2. The van der Waals surface area contributed by atoms with E-state index in [1.54, 1.807) is 7.05 Å². The Kier molecular flexibility index (Phi) is 8.96. The first-order valence-corrected chi connectivity index (χ1v) is 8.62. The van der Waals surface area contributed by atoms with Crippen molar-refractivity contribution in [3.8, 4) is 0 Å². The van der Waals surface area contributed by atoms with Crippen LogP contribution in [0.3, 0.4) is 0 Å². The van der Waals surface area contributed by atoms with Crippen LogP contribution in [0.15, 0.2) is 29.3 Å². The molecule has 1 aromatic heterocycles.